The Kier molecular flexibility index (Phi) is 5.91. The topological polar surface area (TPSA) is 3.24 Å². The van der Waals surface area contributed by atoms with E-state index in [1.165, 1.54) is 98.8 Å². The summed E-state index contributed by atoms with van der Waals surface area (Å²) in [6, 6.07) is 41.1. The first-order valence-electron chi connectivity index (χ1n) is 20.6. The second-order valence-corrected chi connectivity index (χ2v) is 21.2. The van der Waals surface area contributed by atoms with Crippen LogP contribution in [-0.4, -0.2) is 0 Å². The minimum absolute atomic E-state index is 0.0568. The van der Waals surface area contributed by atoms with Crippen LogP contribution in [0.5, 0.6) is 0 Å². The lowest BCUT2D eigenvalue weighted by molar-refractivity contribution is -0.235. The van der Waals surface area contributed by atoms with Crippen LogP contribution in [0.25, 0.3) is 11.1 Å². The van der Waals surface area contributed by atoms with Crippen LogP contribution in [0.1, 0.15) is 113 Å². The van der Waals surface area contributed by atoms with Gasteiger partial charge in [0.2, 0.25) is 0 Å². The minimum atomic E-state index is -0.0568. The average molecular weight is 710 g/mol. The van der Waals surface area contributed by atoms with E-state index in [2.05, 4.69) is 150 Å². The van der Waals surface area contributed by atoms with Crippen molar-refractivity contribution in [1.82, 2.24) is 0 Å². The van der Waals surface area contributed by atoms with Crippen molar-refractivity contribution in [2.75, 3.05) is 4.90 Å². The van der Waals surface area contributed by atoms with E-state index in [0.29, 0.717) is 5.41 Å². The van der Waals surface area contributed by atoms with Gasteiger partial charge in [0.15, 0.2) is 0 Å². The molecule has 1 nitrogen and oxygen atoms in total. The van der Waals surface area contributed by atoms with Crippen molar-refractivity contribution in [3.05, 3.63) is 137 Å². The van der Waals surface area contributed by atoms with E-state index in [9.17, 15) is 0 Å². The molecule has 53 heavy (non-hydrogen) atoms. The molecule has 6 unspecified atom stereocenters. The van der Waals surface area contributed by atoms with Crippen molar-refractivity contribution in [3.8, 4) is 11.1 Å². The number of nitrogens with zero attached hydrogens (tertiary/aromatic N) is 1. The molecule has 5 aromatic carbocycles. The summed E-state index contributed by atoms with van der Waals surface area (Å²) in [4.78, 5) is 5.59. The monoisotopic (exact) mass is 709 g/mol. The van der Waals surface area contributed by atoms with Gasteiger partial charge in [-0.3, -0.25) is 0 Å². The van der Waals surface area contributed by atoms with Gasteiger partial charge in [-0.15, -0.1) is 0 Å². The van der Waals surface area contributed by atoms with Gasteiger partial charge in [-0.25, -0.2) is 0 Å². The zero-order valence-electron chi connectivity index (χ0n) is 32.2. The summed E-state index contributed by atoms with van der Waals surface area (Å²) in [6.07, 6.45) is 8.34. The Bertz CT molecular complexity index is 2430. The van der Waals surface area contributed by atoms with Crippen molar-refractivity contribution < 1.29 is 0 Å². The molecule has 2 heteroatoms. The summed E-state index contributed by atoms with van der Waals surface area (Å²) in [6.45, 7) is 14.6. The molecule has 7 aliphatic rings. The molecule has 0 saturated heterocycles. The quantitative estimate of drug-likeness (QED) is 0.183. The smallest absolute Gasteiger partial charge is 0.0473 e. The lowest BCUT2D eigenvalue weighted by atomic mass is 9.26. The summed E-state index contributed by atoms with van der Waals surface area (Å²) in [7, 11) is 0. The number of fused-ring (bicyclic) bond motifs is 11. The van der Waals surface area contributed by atoms with Gasteiger partial charge >= 0.3 is 0 Å². The van der Waals surface area contributed by atoms with Gasteiger partial charge in [0.1, 0.15) is 0 Å². The lowest BCUT2D eigenvalue weighted by Gasteiger charge is -2.78. The number of hydrogen-bond acceptors (Lipinski definition) is 2. The molecule has 2 spiro atoms. The van der Waals surface area contributed by atoms with Gasteiger partial charge in [0.25, 0.3) is 0 Å². The highest BCUT2D eigenvalue weighted by Gasteiger charge is 2.84. The van der Waals surface area contributed by atoms with Crippen molar-refractivity contribution in [1.29, 1.82) is 0 Å². The Morgan fingerprint density at radius 2 is 1.13 bits per heavy atom. The molecule has 1 aliphatic heterocycles. The third-order valence-electron chi connectivity index (χ3n) is 16.6. The molecule has 1 heterocycles. The molecule has 4 fully saturated rings. The summed E-state index contributed by atoms with van der Waals surface area (Å²) in [5, 5.41) is 0. The standard InChI is InChI=1S/C51H51NS/c1-47(2)21-22-48(3,4)42-27-33(16-19-38(42)47)52(32-15-18-36-35-11-7-8-12-37(35)49(5,6)41(36)26-32)34-17-20-40-44(28-34)53-43-14-10-9-13-39(43)51(40)45-24-30-23-31-25-46(51)50(31,45)29-30/h7-20,26-28,30-31,45-46H,21-25,29H2,1-6H3. The molecular weight excluding hydrogens is 659 g/mol. The van der Waals surface area contributed by atoms with Gasteiger partial charge < -0.3 is 4.90 Å². The first-order valence-corrected chi connectivity index (χ1v) is 21.4. The summed E-state index contributed by atoms with van der Waals surface area (Å²) >= 11 is 2.03. The highest BCUT2D eigenvalue weighted by atomic mass is 32.2. The van der Waals surface area contributed by atoms with Crippen LogP contribution in [0.4, 0.5) is 17.1 Å². The fraction of sp³-hybridized carbons (Fsp3) is 0.412. The summed E-state index contributed by atoms with van der Waals surface area (Å²) in [5.74, 6) is 3.58. The second kappa shape index (κ2) is 9.91. The normalized spacial score (nSPS) is 31.7. The molecule has 6 aliphatic carbocycles. The highest BCUT2D eigenvalue weighted by Crippen LogP contribution is 2.89. The molecule has 266 valence electrons. The SMILES string of the molecule is CC1(C)CCC(C)(C)c2cc(N(c3ccc4c(c3)Sc3ccccc3C43C4CC5CC6CC3C64C5)c3ccc4c(c3)C(C)(C)c3ccccc3-4)ccc21. The van der Waals surface area contributed by atoms with Gasteiger partial charge in [-0.2, -0.15) is 0 Å². The van der Waals surface area contributed by atoms with E-state index < -0.39 is 0 Å². The predicted octanol–water partition coefficient (Wildman–Crippen LogP) is 13.6. The maximum Gasteiger partial charge on any atom is 0.0473 e. The summed E-state index contributed by atoms with van der Waals surface area (Å²) < 4.78 is 0. The fourth-order valence-corrected chi connectivity index (χ4v) is 15.5. The molecule has 6 atom stereocenters. The van der Waals surface area contributed by atoms with Crippen LogP contribution in [0.3, 0.4) is 0 Å². The minimum Gasteiger partial charge on any atom is -0.310 e. The van der Waals surface area contributed by atoms with Gasteiger partial charge in [0, 0.05) is 37.7 Å². The van der Waals surface area contributed by atoms with Crippen molar-refractivity contribution >= 4 is 28.8 Å². The molecule has 0 amide bonds. The first kappa shape index (κ1) is 31.6. The zero-order valence-corrected chi connectivity index (χ0v) is 33.0. The maximum absolute atomic E-state index is 2.60. The van der Waals surface area contributed by atoms with Crippen LogP contribution < -0.4 is 4.90 Å². The Labute approximate surface area is 320 Å². The fourth-order valence-electron chi connectivity index (χ4n) is 14.2. The van der Waals surface area contributed by atoms with Crippen molar-refractivity contribution in [2.45, 2.75) is 112 Å². The van der Waals surface area contributed by atoms with Gasteiger partial charge in [0.05, 0.1) is 0 Å². The van der Waals surface area contributed by atoms with Crippen LogP contribution >= 0.6 is 11.8 Å². The molecule has 0 aromatic heterocycles. The van der Waals surface area contributed by atoms with Crippen LogP contribution in [-0.2, 0) is 21.7 Å². The zero-order chi connectivity index (χ0) is 35.9. The van der Waals surface area contributed by atoms with E-state index in [1.807, 2.05) is 11.8 Å². The number of hydrogen-bond donors (Lipinski definition) is 0. The largest absolute Gasteiger partial charge is 0.310 e. The molecule has 0 N–H and O–H groups in total. The molecule has 2 bridgehead atoms. The first-order chi connectivity index (χ1) is 25.4. The van der Waals surface area contributed by atoms with E-state index in [1.54, 1.807) is 11.1 Å². The molecule has 12 rings (SSSR count). The highest BCUT2D eigenvalue weighted by molar-refractivity contribution is 7.99. The van der Waals surface area contributed by atoms with Gasteiger partial charge in [-0.1, -0.05) is 114 Å². The third kappa shape index (κ3) is 3.69. The third-order valence-corrected chi connectivity index (χ3v) is 17.8. The number of rotatable bonds is 3. The van der Waals surface area contributed by atoms with Crippen LogP contribution in [0.15, 0.2) is 113 Å². The average Bonchev–Trinajstić information content (AvgIpc) is 3.76. The Balaban J connectivity index is 1.05. The Hall–Kier alpha value is -3.75. The van der Waals surface area contributed by atoms with Crippen molar-refractivity contribution in [2.24, 2.45) is 29.1 Å². The maximum atomic E-state index is 2.60. The predicted molar refractivity (Wildman–Crippen MR) is 220 cm³/mol. The van der Waals surface area contributed by atoms with E-state index in [-0.39, 0.29) is 21.7 Å². The Morgan fingerprint density at radius 1 is 0.528 bits per heavy atom. The van der Waals surface area contributed by atoms with Crippen LogP contribution in [0.2, 0.25) is 0 Å². The van der Waals surface area contributed by atoms with E-state index in [4.69, 9.17) is 0 Å². The van der Waals surface area contributed by atoms with Crippen LogP contribution in [0, 0.1) is 29.1 Å². The van der Waals surface area contributed by atoms with Crippen molar-refractivity contribution in [3.63, 3.8) is 0 Å². The van der Waals surface area contributed by atoms with E-state index >= 15 is 0 Å². The number of benzene rings is 5. The lowest BCUT2D eigenvalue weighted by Crippen LogP contribution is -2.74. The molecular formula is C51H51NS. The van der Waals surface area contributed by atoms with Gasteiger partial charge in [-0.05, 0) is 165 Å². The number of anilines is 3. The summed E-state index contributed by atoms with van der Waals surface area (Å²) in [5.41, 5.74) is 16.8. The molecule has 4 saturated carbocycles. The molecule has 0 radical (unpaired) electrons. The second-order valence-electron chi connectivity index (χ2n) is 20.1. The Morgan fingerprint density at radius 3 is 1.92 bits per heavy atom. The van der Waals surface area contributed by atoms with E-state index in [0.717, 1.165) is 23.7 Å². The molecule has 5 aromatic rings.